The molecule has 0 aliphatic rings. The maximum Gasteiger partial charge on any atom is 0.281 e. The lowest BCUT2D eigenvalue weighted by molar-refractivity contribution is 0.146. The highest BCUT2D eigenvalue weighted by atomic mass is 79.9. The van der Waals surface area contributed by atoms with Gasteiger partial charge in [-0.1, -0.05) is 11.6 Å². The second kappa shape index (κ2) is 3.99. The number of halogens is 4. The van der Waals surface area contributed by atoms with Gasteiger partial charge in [0.05, 0.1) is 15.1 Å². The Balaban J connectivity index is 3.38. The molecular formula is C7H2BrClF2N2. The molecule has 1 rings (SSSR count). The Bertz CT molecular complexity index is 375. The van der Waals surface area contributed by atoms with E-state index in [4.69, 9.17) is 16.9 Å². The maximum absolute atomic E-state index is 12.2. The van der Waals surface area contributed by atoms with Crippen LogP contribution >= 0.6 is 27.5 Å². The Hall–Kier alpha value is -0.730. The predicted octanol–water partition coefficient (Wildman–Crippen LogP) is 3.31. The van der Waals surface area contributed by atoms with Gasteiger partial charge >= 0.3 is 0 Å². The van der Waals surface area contributed by atoms with Gasteiger partial charge in [0.25, 0.3) is 6.43 Å². The lowest BCUT2D eigenvalue weighted by Crippen LogP contribution is -1.94. The van der Waals surface area contributed by atoms with Gasteiger partial charge in [0.15, 0.2) is 0 Å². The summed E-state index contributed by atoms with van der Waals surface area (Å²) in [6, 6.07) is 1.71. The van der Waals surface area contributed by atoms with Gasteiger partial charge in [0.1, 0.15) is 11.8 Å². The summed E-state index contributed by atoms with van der Waals surface area (Å²) >= 11 is 8.49. The van der Waals surface area contributed by atoms with Gasteiger partial charge in [0.2, 0.25) is 0 Å². The molecule has 1 heterocycles. The number of pyridine rings is 1. The van der Waals surface area contributed by atoms with Crippen molar-refractivity contribution < 1.29 is 8.78 Å². The van der Waals surface area contributed by atoms with E-state index in [1.165, 1.54) is 0 Å². The third kappa shape index (κ3) is 1.95. The first-order valence-corrected chi connectivity index (χ1v) is 4.27. The first kappa shape index (κ1) is 10.4. The zero-order valence-electron chi connectivity index (χ0n) is 6.06. The van der Waals surface area contributed by atoms with Crippen LogP contribution in [0.15, 0.2) is 10.7 Å². The lowest BCUT2D eigenvalue weighted by Gasteiger charge is -2.03. The highest BCUT2D eigenvalue weighted by Gasteiger charge is 2.18. The molecule has 0 aromatic carbocycles. The van der Waals surface area contributed by atoms with E-state index >= 15 is 0 Å². The lowest BCUT2D eigenvalue weighted by atomic mass is 10.2. The predicted molar refractivity (Wildman–Crippen MR) is 46.6 cm³/mol. The highest BCUT2D eigenvalue weighted by Crippen LogP contribution is 2.31. The van der Waals surface area contributed by atoms with E-state index in [1.807, 2.05) is 0 Å². The van der Waals surface area contributed by atoms with E-state index in [2.05, 4.69) is 20.9 Å². The van der Waals surface area contributed by atoms with Crippen LogP contribution in [0.1, 0.15) is 17.7 Å². The molecule has 0 atom stereocenters. The van der Waals surface area contributed by atoms with Gasteiger partial charge in [-0.15, -0.1) is 0 Å². The summed E-state index contributed by atoms with van der Waals surface area (Å²) in [4.78, 5) is 3.41. The van der Waals surface area contributed by atoms with Crippen LogP contribution in [0, 0.1) is 11.3 Å². The molecule has 0 bridgehead atoms. The Labute approximate surface area is 86.3 Å². The number of nitriles is 1. The zero-order valence-corrected chi connectivity index (χ0v) is 8.40. The molecule has 2 nitrogen and oxygen atoms in total. The number of alkyl halides is 2. The van der Waals surface area contributed by atoms with Crippen molar-refractivity contribution in [3.8, 4) is 6.07 Å². The minimum absolute atomic E-state index is 0.0213. The molecule has 0 radical (unpaired) electrons. The molecule has 0 amide bonds. The topological polar surface area (TPSA) is 36.7 Å². The average molecular weight is 267 g/mol. The van der Waals surface area contributed by atoms with Crippen molar-refractivity contribution in [2.45, 2.75) is 6.43 Å². The standard InChI is InChI=1S/C7H2BrClF2N2/c8-4-2-13-6(7(10)11)5(9)3(4)1-12/h2,7H. The molecule has 13 heavy (non-hydrogen) atoms. The van der Waals surface area contributed by atoms with Crippen LogP contribution in [0.3, 0.4) is 0 Å². The van der Waals surface area contributed by atoms with Crippen LogP contribution in [0.5, 0.6) is 0 Å². The molecule has 6 heteroatoms. The second-order valence-electron chi connectivity index (χ2n) is 2.09. The van der Waals surface area contributed by atoms with Crippen LogP contribution in [-0.4, -0.2) is 4.98 Å². The van der Waals surface area contributed by atoms with Gasteiger partial charge in [-0.05, 0) is 15.9 Å². The van der Waals surface area contributed by atoms with Crippen molar-refractivity contribution in [3.63, 3.8) is 0 Å². The first-order chi connectivity index (χ1) is 6.07. The number of hydrogen-bond donors (Lipinski definition) is 0. The van der Waals surface area contributed by atoms with E-state index in [9.17, 15) is 8.78 Å². The van der Waals surface area contributed by atoms with E-state index in [0.29, 0.717) is 4.47 Å². The van der Waals surface area contributed by atoms with Gasteiger partial charge in [0, 0.05) is 6.20 Å². The Kier molecular flexibility index (Phi) is 3.17. The smallest absolute Gasteiger partial charge is 0.252 e. The molecule has 0 spiro atoms. The van der Waals surface area contributed by atoms with Crippen molar-refractivity contribution in [1.29, 1.82) is 5.26 Å². The summed E-state index contributed by atoms with van der Waals surface area (Å²) in [5, 5.41) is 8.27. The van der Waals surface area contributed by atoms with Gasteiger partial charge < -0.3 is 0 Å². The third-order valence-electron chi connectivity index (χ3n) is 1.32. The molecule has 1 aromatic rings. The number of hydrogen-bond acceptors (Lipinski definition) is 2. The summed E-state index contributed by atoms with van der Waals surface area (Å²) < 4.78 is 24.7. The molecule has 0 unspecified atom stereocenters. The maximum atomic E-state index is 12.2. The SMILES string of the molecule is N#Cc1c(Br)cnc(C(F)F)c1Cl. The molecule has 0 saturated carbocycles. The highest BCUT2D eigenvalue weighted by molar-refractivity contribution is 9.10. The van der Waals surface area contributed by atoms with Crippen LogP contribution in [-0.2, 0) is 0 Å². The first-order valence-electron chi connectivity index (χ1n) is 3.10. The fourth-order valence-corrected chi connectivity index (χ4v) is 1.51. The monoisotopic (exact) mass is 266 g/mol. The zero-order chi connectivity index (χ0) is 10.0. The van der Waals surface area contributed by atoms with Crippen molar-refractivity contribution >= 4 is 27.5 Å². The number of aromatic nitrogens is 1. The van der Waals surface area contributed by atoms with Gasteiger partial charge in [-0.25, -0.2) is 8.78 Å². The second-order valence-corrected chi connectivity index (χ2v) is 3.33. The molecule has 0 fully saturated rings. The van der Waals surface area contributed by atoms with Crippen molar-refractivity contribution in [2.75, 3.05) is 0 Å². The molecule has 0 aliphatic carbocycles. The fourth-order valence-electron chi connectivity index (χ4n) is 0.735. The van der Waals surface area contributed by atoms with Crippen LogP contribution < -0.4 is 0 Å². The number of rotatable bonds is 1. The van der Waals surface area contributed by atoms with E-state index in [1.54, 1.807) is 6.07 Å². The fraction of sp³-hybridized carbons (Fsp3) is 0.143. The minimum atomic E-state index is -2.77. The Morgan fingerprint density at radius 2 is 2.23 bits per heavy atom. The van der Waals surface area contributed by atoms with Crippen molar-refractivity contribution in [2.24, 2.45) is 0 Å². The molecule has 0 saturated heterocycles. The van der Waals surface area contributed by atoms with E-state index in [-0.39, 0.29) is 10.6 Å². The normalized spacial score (nSPS) is 10.2. The minimum Gasteiger partial charge on any atom is -0.252 e. The third-order valence-corrected chi connectivity index (χ3v) is 2.30. The van der Waals surface area contributed by atoms with Gasteiger partial charge in [-0.3, -0.25) is 4.98 Å². The summed E-state index contributed by atoms with van der Waals surface area (Å²) in [6.07, 6.45) is -1.64. The van der Waals surface area contributed by atoms with Crippen LogP contribution in [0.2, 0.25) is 5.02 Å². The summed E-state index contributed by atoms with van der Waals surface area (Å²) in [7, 11) is 0. The van der Waals surface area contributed by atoms with Crippen LogP contribution in [0.25, 0.3) is 0 Å². The molecule has 0 N–H and O–H groups in total. The molecule has 0 aliphatic heterocycles. The van der Waals surface area contributed by atoms with Gasteiger partial charge in [-0.2, -0.15) is 5.26 Å². The van der Waals surface area contributed by atoms with E-state index < -0.39 is 12.1 Å². The number of nitrogens with zero attached hydrogens (tertiary/aromatic N) is 2. The summed E-state index contributed by atoms with van der Waals surface area (Å²) in [5.41, 5.74) is -0.589. The average Bonchev–Trinajstić information content (AvgIpc) is 2.04. The molecular weight excluding hydrogens is 265 g/mol. The van der Waals surface area contributed by atoms with Crippen LogP contribution in [0.4, 0.5) is 8.78 Å². The van der Waals surface area contributed by atoms with Crippen molar-refractivity contribution in [1.82, 2.24) is 4.98 Å². The van der Waals surface area contributed by atoms with E-state index in [0.717, 1.165) is 6.20 Å². The van der Waals surface area contributed by atoms with Crippen molar-refractivity contribution in [3.05, 3.63) is 26.9 Å². The summed E-state index contributed by atoms with van der Waals surface area (Å²) in [6.45, 7) is 0. The largest absolute Gasteiger partial charge is 0.281 e. The quantitative estimate of drug-likeness (QED) is 0.783. The Morgan fingerprint density at radius 3 is 2.69 bits per heavy atom. The Morgan fingerprint density at radius 1 is 1.62 bits per heavy atom. The molecule has 68 valence electrons. The molecule has 1 aromatic heterocycles. The summed E-state index contributed by atoms with van der Waals surface area (Å²) in [5.74, 6) is 0.